The second-order valence-electron chi connectivity index (χ2n) is 2.89. The number of hydrogen-bond acceptors (Lipinski definition) is 3. The molecule has 0 aliphatic heterocycles. The summed E-state index contributed by atoms with van der Waals surface area (Å²) in [5.74, 6) is -0.115. The van der Waals surface area contributed by atoms with Gasteiger partial charge in [-0.3, -0.25) is 9.59 Å². The van der Waals surface area contributed by atoms with Gasteiger partial charge in [0.1, 0.15) is 5.75 Å². The van der Waals surface area contributed by atoms with E-state index >= 15 is 0 Å². The van der Waals surface area contributed by atoms with Crippen molar-refractivity contribution < 1.29 is 14.3 Å². The molecule has 4 nitrogen and oxygen atoms in total. The molecule has 0 bridgehead atoms. The maximum absolute atomic E-state index is 11.0. The van der Waals surface area contributed by atoms with Gasteiger partial charge in [-0.15, -0.1) is 0 Å². The van der Waals surface area contributed by atoms with E-state index in [2.05, 4.69) is 0 Å². The number of ether oxygens (including phenoxy) is 1. The first-order valence-electron chi connectivity index (χ1n) is 4.03. The Bertz CT molecular complexity index is 385. The molecule has 74 valence electrons. The highest BCUT2D eigenvalue weighted by molar-refractivity contribution is 6.01. The van der Waals surface area contributed by atoms with Gasteiger partial charge < -0.3 is 10.5 Å². The van der Waals surface area contributed by atoms with Gasteiger partial charge in [0.05, 0.1) is 12.7 Å². The summed E-state index contributed by atoms with van der Waals surface area (Å²) in [6, 6.07) is 3.13. The molecule has 0 atom stereocenters. The molecule has 1 rings (SSSR count). The Balaban J connectivity index is 3.43. The molecule has 0 saturated heterocycles. The van der Waals surface area contributed by atoms with Crippen LogP contribution < -0.4 is 10.5 Å². The molecular weight excluding hydrogens is 182 g/mol. The lowest BCUT2D eigenvalue weighted by atomic mass is 10.0. The van der Waals surface area contributed by atoms with Gasteiger partial charge in [-0.05, 0) is 24.6 Å². The summed E-state index contributed by atoms with van der Waals surface area (Å²) in [6.45, 7) is 1.72. The molecule has 0 aliphatic carbocycles. The average Bonchev–Trinajstić information content (AvgIpc) is 2.16. The van der Waals surface area contributed by atoms with Crippen LogP contribution in [-0.4, -0.2) is 19.3 Å². The first-order valence-corrected chi connectivity index (χ1v) is 4.03. The highest BCUT2D eigenvalue weighted by Crippen LogP contribution is 2.20. The van der Waals surface area contributed by atoms with Crippen LogP contribution in [0.3, 0.4) is 0 Å². The average molecular weight is 193 g/mol. The number of rotatable bonds is 3. The number of amides is 1. The number of hydrogen-bond donors (Lipinski definition) is 1. The zero-order valence-corrected chi connectivity index (χ0v) is 8.03. The lowest BCUT2D eigenvalue weighted by molar-refractivity contribution is 0.0992. The molecule has 1 aromatic carbocycles. The molecule has 0 aliphatic rings. The Morgan fingerprint density at radius 1 is 1.50 bits per heavy atom. The van der Waals surface area contributed by atoms with E-state index < -0.39 is 5.91 Å². The van der Waals surface area contributed by atoms with Crippen LogP contribution in [0.1, 0.15) is 26.3 Å². The Morgan fingerprint density at radius 3 is 2.57 bits per heavy atom. The SMILES string of the molecule is COc1cc(C)c(C=O)c(C(N)=O)c1. The number of carbonyl (C=O) groups is 2. The van der Waals surface area contributed by atoms with E-state index in [4.69, 9.17) is 10.5 Å². The van der Waals surface area contributed by atoms with E-state index in [0.29, 0.717) is 23.2 Å². The zero-order chi connectivity index (χ0) is 10.7. The largest absolute Gasteiger partial charge is 0.497 e. The van der Waals surface area contributed by atoms with Gasteiger partial charge in [-0.1, -0.05) is 0 Å². The van der Waals surface area contributed by atoms with Gasteiger partial charge in [0.2, 0.25) is 5.91 Å². The van der Waals surface area contributed by atoms with Gasteiger partial charge in [0, 0.05) is 5.56 Å². The minimum atomic E-state index is -0.630. The van der Waals surface area contributed by atoms with Crippen LogP contribution in [0.25, 0.3) is 0 Å². The molecule has 1 amide bonds. The predicted octanol–water partition coefficient (Wildman–Crippen LogP) is 0.915. The summed E-state index contributed by atoms with van der Waals surface area (Å²) in [5, 5.41) is 0. The highest BCUT2D eigenvalue weighted by atomic mass is 16.5. The van der Waals surface area contributed by atoms with Crippen LogP contribution in [0.2, 0.25) is 0 Å². The molecule has 0 saturated carbocycles. The summed E-state index contributed by atoms with van der Waals surface area (Å²) in [7, 11) is 1.49. The Morgan fingerprint density at radius 2 is 2.14 bits per heavy atom. The van der Waals surface area contributed by atoms with Crippen molar-refractivity contribution in [3.63, 3.8) is 0 Å². The topological polar surface area (TPSA) is 69.4 Å². The van der Waals surface area contributed by atoms with Gasteiger partial charge in [0.25, 0.3) is 0 Å². The van der Waals surface area contributed by atoms with Crippen molar-refractivity contribution in [2.24, 2.45) is 5.73 Å². The highest BCUT2D eigenvalue weighted by Gasteiger charge is 2.12. The first kappa shape index (κ1) is 10.2. The standard InChI is InChI=1S/C10H11NO3/c1-6-3-7(14-2)4-8(10(11)13)9(6)5-12/h3-5H,1-2H3,(H2,11,13). The number of carbonyl (C=O) groups excluding carboxylic acids is 2. The van der Waals surface area contributed by atoms with Crippen molar-refractivity contribution in [2.45, 2.75) is 6.92 Å². The zero-order valence-electron chi connectivity index (χ0n) is 8.03. The molecule has 0 radical (unpaired) electrons. The summed E-state index contributed by atoms with van der Waals surface area (Å²) in [6.07, 6.45) is 0.620. The second-order valence-corrected chi connectivity index (χ2v) is 2.89. The minimum absolute atomic E-state index is 0.192. The molecule has 0 unspecified atom stereocenters. The summed E-state index contributed by atoms with van der Waals surface area (Å²) >= 11 is 0. The molecule has 1 aromatic rings. The fourth-order valence-electron chi connectivity index (χ4n) is 1.24. The van der Waals surface area contributed by atoms with Crippen LogP contribution in [0.4, 0.5) is 0 Å². The van der Waals surface area contributed by atoms with Crippen LogP contribution in [0.15, 0.2) is 12.1 Å². The number of benzene rings is 1. The minimum Gasteiger partial charge on any atom is -0.497 e. The Labute approximate surface area is 81.7 Å². The van der Waals surface area contributed by atoms with Crippen molar-refractivity contribution in [2.75, 3.05) is 7.11 Å². The molecule has 0 fully saturated rings. The van der Waals surface area contributed by atoms with Gasteiger partial charge >= 0.3 is 0 Å². The monoisotopic (exact) mass is 193 g/mol. The lowest BCUT2D eigenvalue weighted by Crippen LogP contribution is -2.14. The van der Waals surface area contributed by atoms with Crippen molar-refractivity contribution in [1.82, 2.24) is 0 Å². The molecular formula is C10H11NO3. The number of nitrogens with two attached hydrogens (primary N) is 1. The van der Waals surface area contributed by atoms with E-state index in [1.54, 1.807) is 13.0 Å². The van der Waals surface area contributed by atoms with E-state index in [0.717, 1.165) is 0 Å². The number of methoxy groups -OCH3 is 1. The van der Waals surface area contributed by atoms with Crippen molar-refractivity contribution >= 4 is 12.2 Å². The second kappa shape index (κ2) is 3.91. The van der Waals surface area contributed by atoms with Crippen molar-refractivity contribution in [3.05, 3.63) is 28.8 Å². The van der Waals surface area contributed by atoms with Crippen molar-refractivity contribution in [1.29, 1.82) is 0 Å². The predicted molar refractivity (Wildman–Crippen MR) is 51.6 cm³/mol. The molecule has 0 aromatic heterocycles. The normalized spacial score (nSPS) is 9.57. The maximum Gasteiger partial charge on any atom is 0.249 e. The van der Waals surface area contributed by atoms with Gasteiger partial charge in [-0.2, -0.15) is 0 Å². The third-order valence-electron chi connectivity index (χ3n) is 1.98. The summed E-state index contributed by atoms with van der Waals surface area (Å²) < 4.78 is 4.96. The molecule has 4 heteroatoms. The fraction of sp³-hybridized carbons (Fsp3) is 0.200. The first-order chi connectivity index (χ1) is 6.60. The van der Waals surface area contributed by atoms with Crippen LogP contribution >= 0.6 is 0 Å². The quantitative estimate of drug-likeness (QED) is 0.725. The lowest BCUT2D eigenvalue weighted by Gasteiger charge is -2.07. The third-order valence-corrected chi connectivity index (χ3v) is 1.98. The fourth-order valence-corrected chi connectivity index (χ4v) is 1.24. The molecule has 2 N–H and O–H groups in total. The third kappa shape index (κ3) is 1.74. The van der Waals surface area contributed by atoms with Gasteiger partial charge in [0.15, 0.2) is 6.29 Å². The van der Waals surface area contributed by atoms with Gasteiger partial charge in [-0.25, -0.2) is 0 Å². The smallest absolute Gasteiger partial charge is 0.249 e. The molecule has 14 heavy (non-hydrogen) atoms. The number of aryl methyl sites for hydroxylation is 1. The number of aldehydes is 1. The van der Waals surface area contributed by atoms with Crippen LogP contribution in [-0.2, 0) is 0 Å². The summed E-state index contributed by atoms with van der Waals surface area (Å²) in [4.78, 5) is 21.7. The van der Waals surface area contributed by atoms with Crippen molar-refractivity contribution in [3.8, 4) is 5.75 Å². The number of primary amides is 1. The van der Waals surface area contributed by atoms with E-state index in [9.17, 15) is 9.59 Å². The van der Waals surface area contributed by atoms with Crippen LogP contribution in [0.5, 0.6) is 5.75 Å². The maximum atomic E-state index is 11.0. The van der Waals surface area contributed by atoms with E-state index in [-0.39, 0.29) is 5.56 Å². The van der Waals surface area contributed by atoms with E-state index in [1.165, 1.54) is 13.2 Å². The van der Waals surface area contributed by atoms with Crippen LogP contribution in [0, 0.1) is 6.92 Å². The Hall–Kier alpha value is -1.84. The Kier molecular flexibility index (Phi) is 2.86. The summed E-state index contributed by atoms with van der Waals surface area (Å²) in [5.41, 5.74) is 6.31. The molecule has 0 heterocycles. The van der Waals surface area contributed by atoms with E-state index in [1.807, 2.05) is 0 Å². The molecule has 0 spiro atoms.